The zero-order valence-corrected chi connectivity index (χ0v) is 19.7. The van der Waals surface area contributed by atoms with Gasteiger partial charge in [-0.3, -0.25) is 0 Å². The molecule has 0 radical (unpaired) electrons. The summed E-state index contributed by atoms with van der Waals surface area (Å²) in [6.07, 6.45) is 16.9. The van der Waals surface area contributed by atoms with Crippen LogP contribution < -0.4 is 0 Å². The average molecular weight is 401 g/mol. The summed E-state index contributed by atoms with van der Waals surface area (Å²) < 4.78 is 18.4. The molecule has 0 saturated carbocycles. The third kappa shape index (κ3) is 14.0. The van der Waals surface area contributed by atoms with Crippen molar-refractivity contribution in [3.63, 3.8) is 0 Å². The highest BCUT2D eigenvalue weighted by Crippen LogP contribution is 2.16. The average Bonchev–Trinajstić information content (AvgIpc) is 3.17. The van der Waals surface area contributed by atoms with Gasteiger partial charge in [-0.05, 0) is 34.1 Å². The second kappa shape index (κ2) is 17.4. The Kier molecular flexibility index (Phi) is 17.0. The number of hydrogen-bond donors (Lipinski definition) is 0. The molecule has 1 heterocycles. The van der Waals surface area contributed by atoms with Crippen LogP contribution in [0.5, 0.6) is 0 Å². The summed E-state index contributed by atoms with van der Waals surface area (Å²) in [4.78, 5) is 4.08. The van der Waals surface area contributed by atoms with E-state index < -0.39 is 8.80 Å². The van der Waals surface area contributed by atoms with Gasteiger partial charge >= 0.3 is 8.80 Å². The molecule has 1 aromatic rings. The normalized spacial score (nSPS) is 12.5. The molecule has 160 valence electrons. The quantitative estimate of drug-likeness (QED) is 0.258. The molecule has 1 atom stereocenters. The molecule has 0 N–H and O–H groups in total. The van der Waals surface area contributed by atoms with E-state index in [4.69, 9.17) is 13.3 Å². The lowest BCUT2D eigenvalue weighted by Gasteiger charge is -2.23. The predicted molar refractivity (Wildman–Crippen MR) is 116 cm³/mol. The highest BCUT2D eigenvalue weighted by Gasteiger charge is 2.32. The summed E-state index contributed by atoms with van der Waals surface area (Å²) in [5.74, 6) is 0. The van der Waals surface area contributed by atoms with Crippen LogP contribution >= 0.6 is 0 Å². The van der Waals surface area contributed by atoms with Crippen molar-refractivity contribution in [3.8, 4) is 0 Å². The summed E-state index contributed by atoms with van der Waals surface area (Å²) >= 11 is 0. The molecule has 0 aliphatic carbocycles. The van der Waals surface area contributed by atoms with Crippen molar-refractivity contribution in [3.05, 3.63) is 18.7 Å². The molecule has 0 saturated heterocycles. The van der Waals surface area contributed by atoms with E-state index in [0.717, 1.165) is 0 Å². The van der Waals surface area contributed by atoms with Crippen molar-refractivity contribution in [1.82, 2.24) is 9.55 Å². The van der Waals surface area contributed by atoms with Crippen molar-refractivity contribution in [2.75, 3.05) is 19.8 Å². The molecular weight excluding hydrogens is 356 g/mol. The number of rotatable bonds is 15. The smallest absolute Gasteiger partial charge is 0.374 e. The third-order valence-corrected chi connectivity index (χ3v) is 6.92. The summed E-state index contributed by atoms with van der Waals surface area (Å²) in [5.41, 5.74) is 0. The van der Waals surface area contributed by atoms with Gasteiger partial charge in [0.25, 0.3) is 0 Å². The Balaban J connectivity index is 0.000000541. The predicted octanol–water partition coefficient (Wildman–Crippen LogP) is 6.25. The number of hydrogen-bond acceptors (Lipinski definition) is 4. The first-order valence-corrected chi connectivity index (χ1v) is 13.1. The van der Waals surface area contributed by atoms with Crippen molar-refractivity contribution in [1.29, 1.82) is 0 Å². The Morgan fingerprint density at radius 3 is 1.81 bits per heavy atom. The van der Waals surface area contributed by atoms with Crippen LogP contribution in [0.3, 0.4) is 0 Å². The van der Waals surface area contributed by atoms with Gasteiger partial charge in [-0.2, -0.15) is 0 Å². The SMILES string of the molecule is CCCCCCCCCC(C)n1ccnc1.CCO[Si](C)(OCC)OCC. The van der Waals surface area contributed by atoms with Gasteiger partial charge in [-0.1, -0.05) is 51.9 Å². The Bertz CT molecular complexity index is 399. The minimum absolute atomic E-state index is 0.609. The fourth-order valence-electron chi connectivity index (χ4n) is 2.99. The molecule has 0 amide bonds. The Morgan fingerprint density at radius 2 is 1.37 bits per heavy atom. The minimum Gasteiger partial charge on any atom is -0.374 e. The topological polar surface area (TPSA) is 45.5 Å². The summed E-state index contributed by atoms with van der Waals surface area (Å²) in [6.45, 7) is 14.3. The fraction of sp³-hybridized carbons (Fsp3) is 0.857. The molecule has 1 aromatic heterocycles. The van der Waals surface area contributed by atoms with Crippen molar-refractivity contribution < 1.29 is 13.3 Å². The molecule has 0 spiro atoms. The monoisotopic (exact) mass is 400 g/mol. The van der Waals surface area contributed by atoms with E-state index in [1.54, 1.807) is 0 Å². The molecule has 1 unspecified atom stereocenters. The molecule has 27 heavy (non-hydrogen) atoms. The lowest BCUT2D eigenvalue weighted by Crippen LogP contribution is -2.42. The number of aromatic nitrogens is 2. The number of imidazole rings is 1. The lowest BCUT2D eigenvalue weighted by molar-refractivity contribution is 0.0783. The van der Waals surface area contributed by atoms with Gasteiger partial charge in [0, 0.05) is 44.8 Å². The second-order valence-corrected chi connectivity index (χ2v) is 9.52. The standard InChI is InChI=1S/C14H26N2.C7H18O3Si/c1-3-4-5-6-7-8-9-10-14(2)16-12-11-15-13-16;1-5-8-11(4,9-6-2)10-7-3/h11-14H,3-10H2,1-2H3;5-7H2,1-4H3. The highest BCUT2D eigenvalue weighted by molar-refractivity contribution is 6.59. The van der Waals surface area contributed by atoms with Gasteiger partial charge < -0.3 is 17.8 Å². The van der Waals surface area contributed by atoms with Crippen molar-refractivity contribution in [2.24, 2.45) is 0 Å². The molecule has 0 bridgehead atoms. The molecular formula is C21H44N2O3Si. The third-order valence-electron chi connectivity index (χ3n) is 4.48. The van der Waals surface area contributed by atoms with E-state index >= 15 is 0 Å². The van der Waals surface area contributed by atoms with Crippen LogP contribution in [0.1, 0.15) is 92.0 Å². The van der Waals surface area contributed by atoms with E-state index in [9.17, 15) is 0 Å². The summed E-state index contributed by atoms with van der Waals surface area (Å²) in [6, 6.07) is 0.609. The van der Waals surface area contributed by atoms with Crippen LogP contribution in [-0.4, -0.2) is 38.2 Å². The van der Waals surface area contributed by atoms with Gasteiger partial charge in [0.2, 0.25) is 0 Å². The van der Waals surface area contributed by atoms with Gasteiger partial charge in [-0.15, -0.1) is 0 Å². The Labute approximate surface area is 169 Å². The second-order valence-electron chi connectivity index (χ2n) is 6.93. The van der Waals surface area contributed by atoms with E-state index in [2.05, 4.69) is 29.6 Å². The first-order chi connectivity index (χ1) is 13.0. The minimum atomic E-state index is -2.25. The molecule has 5 nitrogen and oxygen atoms in total. The molecule has 6 heteroatoms. The van der Waals surface area contributed by atoms with Gasteiger partial charge in [0.15, 0.2) is 0 Å². The van der Waals surface area contributed by atoms with E-state index in [1.165, 1.54) is 51.4 Å². The van der Waals surface area contributed by atoms with E-state index in [0.29, 0.717) is 25.9 Å². The number of unbranched alkanes of at least 4 members (excludes halogenated alkanes) is 6. The lowest BCUT2D eigenvalue weighted by atomic mass is 10.1. The largest absolute Gasteiger partial charge is 0.497 e. The Morgan fingerprint density at radius 1 is 0.852 bits per heavy atom. The maximum absolute atomic E-state index is 5.40. The maximum Gasteiger partial charge on any atom is 0.497 e. The van der Waals surface area contributed by atoms with Gasteiger partial charge in [0.05, 0.1) is 6.33 Å². The summed E-state index contributed by atoms with van der Waals surface area (Å²) in [7, 11) is -2.25. The maximum atomic E-state index is 5.40. The van der Waals surface area contributed by atoms with Crippen LogP contribution in [0.15, 0.2) is 18.7 Å². The van der Waals surface area contributed by atoms with Gasteiger partial charge in [-0.25, -0.2) is 4.98 Å². The van der Waals surface area contributed by atoms with Crippen LogP contribution in [0.2, 0.25) is 6.55 Å². The van der Waals surface area contributed by atoms with E-state index in [1.807, 2.05) is 39.8 Å². The summed E-state index contributed by atoms with van der Waals surface area (Å²) in [5, 5.41) is 0. The molecule has 0 aromatic carbocycles. The highest BCUT2D eigenvalue weighted by atomic mass is 28.4. The molecule has 0 fully saturated rings. The first-order valence-electron chi connectivity index (χ1n) is 10.9. The van der Waals surface area contributed by atoms with Crippen LogP contribution in [0.4, 0.5) is 0 Å². The molecule has 0 aliphatic heterocycles. The van der Waals surface area contributed by atoms with E-state index in [-0.39, 0.29) is 0 Å². The number of nitrogens with zero attached hydrogens (tertiary/aromatic N) is 2. The van der Waals surface area contributed by atoms with Crippen LogP contribution in [0.25, 0.3) is 0 Å². The zero-order chi connectivity index (χ0) is 20.4. The van der Waals surface area contributed by atoms with Crippen LogP contribution in [-0.2, 0) is 13.3 Å². The first kappa shape index (κ1) is 26.3. The molecule has 0 aliphatic rings. The molecule has 1 rings (SSSR count). The fourth-order valence-corrected chi connectivity index (χ4v) is 4.81. The van der Waals surface area contributed by atoms with Gasteiger partial charge in [0.1, 0.15) is 0 Å². The van der Waals surface area contributed by atoms with Crippen LogP contribution in [0, 0.1) is 0 Å². The van der Waals surface area contributed by atoms with Crippen molar-refractivity contribution in [2.45, 2.75) is 98.6 Å². The zero-order valence-electron chi connectivity index (χ0n) is 18.7. The van der Waals surface area contributed by atoms with Crippen molar-refractivity contribution >= 4 is 8.80 Å². The Hall–Kier alpha value is -0.693.